The first-order valence-corrected chi connectivity index (χ1v) is 11.5. The molecule has 0 radical (unpaired) electrons. The molecule has 4 rings (SSSR count). The number of sulfonamides is 1. The second-order valence-corrected chi connectivity index (χ2v) is 9.72. The van der Waals surface area contributed by atoms with Crippen molar-refractivity contribution in [3.8, 4) is 11.3 Å². The summed E-state index contributed by atoms with van der Waals surface area (Å²) in [4.78, 5) is 2.43. The van der Waals surface area contributed by atoms with E-state index in [-0.39, 0.29) is 0 Å². The molecule has 2 aromatic carbocycles. The average molecular weight is 423 g/mol. The topological polar surface area (TPSA) is 66.4 Å². The Kier molecular flexibility index (Phi) is 5.58. The number of hydrogen-bond donors (Lipinski definition) is 0. The molecule has 6 nitrogen and oxygen atoms in total. The van der Waals surface area contributed by atoms with E-state index in [4.69, 9.17) is 0 Å². The molecule has 0 spiro atoms. The lowest BCUT2D eigenvalue weighted by Crippen LogP contribution is -2.49. The Labute approximate surface area is 178 Å². The molecule has 156 valence electrons. The van der Waals surface area contributed by atoms with E-state index in [2.05, 4.69) is 47.1 Å². The third-order valence-electron chi connectivity index (χ3n) is 5.67. The molecule has 30 heavy (non-hydrogen) atoms. The normalized spacial score (nSPS) is 15.4. The molecule has 1 saturated heterocycles. The summed E-state index contributed by atoms with van der Waals surface area (Å²) < 4.78 is 27.3. The minimum atomic E-state index is -3.46. The summed E-state index contributed by atoms with van der Waals surface area (Å²) in [6.07, 6.45) is 0. The minimum Gasteiger partial charge on any atom is -0.352 e. The minimum absolute atomic E-state index is 0.346. The third kappa shape index (κ3) is 4.08. The number of nitrogens with zero attached hydrogens (tertiary/aromatic N) is 4. The van der Waals surface area contributed by atoms with E-state index in [0.29, 0.717) is 31.1 Å². The molecule has 1 fully saturated rings. The van der Waals surface area contributed by atoms with Gasteiger partial charge in [-0.2, -0.15) is 4.31 Å². The van der Waals surface area contributed by atoms with Gasteiger partial charge in [-0.05, 0) is 62.2 Å². The number of rotatable bonds is 4. The van der Waals surface area contributed by atoms with Crippen LogP contribution in [0.3, 0.4) is 0 Å². The zero-order valence-electron chi connectivity index (χ0n) is 17.5. The van der Waals surface area contributed by atoms with Gasteiger partial charge in [0.2, 0.25) is 10.0 Å². The lowest BCUT2D eigenvalue weighted by molar-refractivity contribution is 0.383. The number of anilines is 1. The summed E-state index contributed by atoms with van der Waals surface area (Å²) in [6.45, 7) is 8.15. The van der Waals surface area contributed by atoms with Crippen molar-refractivity contribution in [3.05, 3.63) is 71.3 Å². The molecule has 3 aromatic rings. The Balaban J connectivity index is 1.44. The molecule has 0 amide bonds. The van der Waals surface area contributed by atoms with Crippen LogP contribution in [-0.2, 0) is 10.0 Å². The SMILES string of the molecule is Cc1ccc(S(=O)(=O)N2CCN(c3ccc(-c4ccc(C)c(C)c4)nn3)CC2)cc1. The van der Waals surface area contributed by atoms with Gasteiger partial charge < -0.3 is 4.90 Å². The standard InChI is InChI=1S/C23H26N4O2S/c1-17-4-8-21(9-5-17)30(28,29)27-14-12-26(13-15-27)23-11-10-22(24-25-23)20-7-6-18(2)19(3)16-20/h4-11,16H,12-15H2,1-3H3. The first kappa shape index (κ1) is 20.5. The maximum absolute atomic E-state index is 12.9. The summed E-state index contributed by atoms with van der Waals surface area (Å²) in [5.41, 5.74) is 5.40. The van der Waals surface area contributed by atoms with E-state index in [0.717, 1.165) is 22.6 Å². The van der Waals surface area contributed by atoms with Gasteiger partial charge in [-0.1, -0.05) is 29.8 Å². The van der Waals surface area contributed by atoms with Crippen LogP contribution in [0.15, 0.2) is 59.5 Å². The van der Waals surface area contributed by atoms with Crippen molar-refractivity contribution in [1.82, 2.24) is 14.5 Å². The van der Waals surface area contributed by atoms with Gasteiger partial charge >= 0.3 is 0 Å². The molecule has 1 aliphatic rings. The molecule has 0 N–H and O–H groups in total. The van der Waals surface area contributed by atoms with Gasteiger partial charge in [-0.25, -0.2) is 8.42 Å². The van der Waals surface area contributed by atoms with Crippen LogP contribution in [0.5, 0.6) is 0 Å². The molecule has 1 aromatic heterocycles. The molecule has 2 heterocycles. The Bertz CT molecular complexity index is 1130. The Hall–Kier alpha value is -2.77. The number of piperazine rings is 1. The first-order valence-electron chi connectivity index (χ1n) is 10.1. The van der Waals surface area contributed by atoms with E-state index in [9.17, 15) is 8.42 Å². The fourth-order valence-electron chi connectivity index (χ4n) is 3.57. The van der Waals surface area contributed by atoms with Crippen LogP contribution < -0.4 is 4.90 Å². The van der Waals surface area contributed by atoms with E-state index in [1.165, 1.54) is 11.1 Å². The van der Waals surface area contributed by atoms with Crippen LogP contribution in [0, 0.1) is 20.8 Å². The molecule has 1 aliphatic heterocycles. The van der Waals surface area contributed by atoms with Gasteiger partial charge in [0, 0.05) is 31.7 Å². The number of benzene rings is 2. The van der Waals surface area contributed by atoms with Crippen molar-refractivity contribution in [2.75, 3.05) is 31.1 Å². The van der Waals surface area contributed by atoms with E-state index in [1.807, 2.05) is 31.2 Å². The second kappa shape index (κ2) is 8.16. The predicted molar refractivity (Wildman–Crippen MR) is 119 cm³/mol. The van der Waals surface area contributed by atoms with Gasteiger partial charge in [0.15, 0.2) is 5.82 Å². The van der Waals surface area contributed by atoms with Gasteiger partial charge in [0.25, 0.3) is 0 Å². The fraction of sp³-hybridized carbons (Fsp3) is 0.304. The summed E-state index contributed by atoms with van der Waals surface area (Å²) in [5.74, 6) is 0.773. The summed E-state index contributed by atoms with van der Waals surface area (Å²) in [5, 5.41) is 8.79. The highest BCUT2D eigenvalue weighted by atomic mass is 32.2. The van der Waals surface area contributed by atoms with Gasteiger partial charge in [0.05, 0.1) is 10.6 Å². The van der Waals surface area contributed by atoms with Crippen molar-refractivity contribution in [1.29, 1.82) is 0 Å². The molecular weight excluding hydrogens is 396 g/mol. The molecular formula is C23H26N4O2S. The molecule has 0 atom stereocenters. The van der Waals surface area contributed by atoms with E-state index >= 15 is 0 Å². The molecule has 7 heteroatoms. The zero-order valence-corrected chi connectivity index (χ0v) is 18.4. The summed E-state index contributed by atoms with van der Waals surface area (Å²) >= 11 is 0. The Morgan fingerprint density at radius 1 is 0.767 bits per heavy atom. The fourth-order valence-corrected chi connectivity index (χ4v) is 4.99. The largest absolute Gasteiger partial charge is 0.352 e. The Morgan fingerprint density at radius 3 is 2.07 bits per heavy atom. The number of aromatic nitrogens is 2. The van der Waals surface area contributed by atoms with Crippen LogP contribution in [0.25, 0.3) is 11.3 Å². The summed E-state index contributed by atoms with van der Waals surface area (Å²) in [7, 11) is -3.46. The van der Waals surface area contributed by atoms with Crippen molar-refractivity contribution >= 4 is 15.8 Å². The third-order valence-corrected chi connectivity index (χ3v) is 7.59. The van der Waals surface area contributed by atoms with Crippen molar-refractivity contribution in [2.45, 2.75) is 25.7 Å². The molecule has 0 aliphatic carbocycles. The second-order valence-electron chi connectivity index (χ2n) is 7.78. The predicted octanol–water partition coefficient (Wildman–Crippen LogP) is 3.58. The smallest absolute Gasteiger partial charge is 0.243 e. The van der Waals surface area contributed by atoms with Gasteiger partial charge in [0.1, 0.15) is 0 Å². The summed E-state index contributed by atoms with van der Waals surface area (Å²) in [6, 6.07) is 17.2. The number of hydrogen-bond acceptors (Lipinski definition) is 5. The molecule has 0 unspecified atom stereocenters. The monoisotopic (exact) mass is 422 g/mol. The maximum Gasteiger partial charge on any atom is 0.243 e. The Morgan fingerprint density at radius 2 is 1.47 bits per heavy atom. The first-order chi connectivity index (χ1) is 14.3. The lowest BCUT2D eigenvalue weighted by atomic mass is 10.0. The van der Waals surface area contributed by atoms with Crippen LogP contribution >= 0.6 is 0 Å². The van der Waals surface area contributed by atoms with Crippen molar-refractivity contribution in [2.24, 2.45) is 0 Å². The number of aryl methyl sites for hydroxylation is 3. The zero-order chi connectivity index (χ0) is 21.3. The maximum atomic E-state index is 12.9. The molecule has 0 saturated carbocycles. The van der Waals surface area contributed by atoms with Crippen molar-refractivity contribution < 1.29 is 8.42 Å². The van der Waals surface area contributed by atoms with Gasteiger partial charge in [-0.3, -0.25) is 0 Å². The van der Waals surface area contributed by atoms with Gasteiger partial charge in [-0.15, -0.1) is 10.2 Å². The van der Waals surface area contributed by atoms with Crippen LogP contribution in [0.1, 0.15) is 16.7 Å². The highest BCUT2D eigenvalue weighted by Crippen LogP contribution is 2.23. The van der Waals surface area contributed by atoms with Crippen molar-refractivity contribution in [3.63, 3.8) is 0 Å². The van der Waals surface area contributed by atoms with E-state index in [1.54, 1.807) is 16.4 Å². The average Bonchev–Trinajstić information content (AvgIpc) is 2.76. The van der Waals surface area contributed by atoms with E-state index < -0.39 is 10.0 Å². The van der Waals surface area contributed by atoms with Crippen LogP contribution in [-0.4, -0.2) is 49.1 Å². The highest BCUT2D eigenvalue weighted by Gasteiger charge is 2.29. The quantitative estimate of drug-likeness (QED) is 0.643. The van der Waals surface area contributed by atoms with Crippen LogP contribution in [0.4, 0.5) is 5.82 Å². The highest BCUT2D eigenvalue weighted by molar-refractivity contribution is 7.89. The molecule has 0 bridgehead atoms. The lowest BCUT2D eigenvalue weighted by Gasteiger charge is -2.34. The van der Waals surface area contributed by atoms with Crippen LogP contribution in [0.2, 0.25) is 0 Å².